The average Bonchev–Trinajstić information content (AvgIpc) is 2.83. The van der Waals surface area contributed by atoms with Gasteiger partial charge in [-0.1, -0.05) is 6.92 Å². The molecule has 0 aliphatic heterocycles. The van der Waals surface area contributed by atoms with Gasteiger partial charge in [0.15, 0.2) is 6.29 Å². The van der Waals surface area contributed by atoms with E-state index in [4.69, 9.17) is 5.11 Å². The number of aromatic nitrogens is 2. The number of carboxylic acid groups (broad SMARTS) is 1. The second kappa shape index (κ2) is 5.65. The molecule has 0 saturated heterocycles. The minimum Gasteiger partial charge on any atom is -0.477 e. The molecule has 1 N–H and O–H groups in total. The Balaban J connectivity index is 3.08. The van der Waals surface area contributed by atoms with E-state index in [0.717, 1.165) is 15.9 Å². The third-order valence-corrected chi connectivity index (χ3v) is 4.38. The minimum absolute atomic E-state index is 0.0160. The van der Waals surface area contributed by atoms with Gasteiger partial charge >= 0.3 is 11.7 Å². The van der Waals surface area contributed by atoms with Gasteiger partial charge < -0.3 is 5.11 Å². The first-order chi connectivity index (χ1) is 9.97. The fourth-order valence-corrected chi connectivity index (χ4v) is 3.41. The third-order valence-electron chi connectivity index (χ3n) is 3.17. The first kappa shape index (κ1) is 15.2. The van der Waals surface area contributed by atoms with Crippen molar-refractivity contribution in [3.63, 3.8) is 0 Å². The molecular formula is C13H14N2O5S. The summed E-state index contributed by atoms with van der Waals surface area (Å²) >= 11 is 0.782. The fourth-order valence-electron chi connectivity index (χ4n) is 2.25. The first-order valence-electron chi connectivity index (χ1n) is 6.46. The molecule has 2 aromatic rings. The lowest BCUT2D eigenvalue weighted by Gasteiger charge is -2.09. The summed E-state index contributed by atoms with van der Waals surface area (Å²) in [6, 6.07) is 0. The Hall–Kier alpha value is -2.22. The van der Waals surface area contributed by atoms with Gasteiger partial charge in [-0.05, 0) is 13.3 Å². The van der Waals surface area contributed by atoms with Gasteiger partial charge in [0.25, 0.3) is 5.56 Å². The Kier molecular flexibility index (Phi) is 4.08. The van der Waals surface area contributed by atoms with E-state index in [1.165, 1.54) is 4.57 Å². The van der Waals surface area contributed by atoms with Crippen LogP contribution in [0, 0.1) is 0 Å². The van der Waals surface area contributed by atoms with Crippen LogP contribution < -0.4 is 11.2 Å². The van der Waals surface area contributed by atoms with E-state index >= 15 is 0 Å². The van der Waals surface area contributed by atoms with E-state index in [-0.39, 0.29) is 33.7 Å². The summed E-state index contributed by atoms with van der Waals surface area (Å²) in [6.45, 7) is 4.06. The van der Waals surface area contributed by atoms with Crippen molar-refractivity contribution in [3.05, 3.63) is 31.3 Å². The van der Waals surface area contributed by atoms with Gasteiger partial charge in [0.2, 0.25) is 0 Å². The van der Waals surface area contributed by atoms with Crippen LogP contribution in [-0.4, -0.2) is 26.5 Å². The standard InChI is InChI=1S/C13H14N2O5S/c1-3-5-15-10(17)8-7(6-16)9(12(18)19)21-11(8)14(4-2)13(15)20/h6H,3-5H2,1-2H3,(H,18,19). The topological polar surface area (TPSA) is 98.4 Å². The van der Waals surface area contributed by atoms with Crippen LogP contribution in [0.1, 0.15) is 40.3 Å². The van der Waals surface area contributed by atoms with Crippen molar-refractivity contribution in [2.75, 3.05) is 0 Å². The lowest BCUT2D eigenvalue weighted by molar-refractivity contribution is 0.0699. The van der Waals surface area contributed by atoms with Crippen molar-refractivity contribution in [2.24, 2.45) is 0 Å². The van der Waals surface area contributed by atoms with Crippen molar-refractivity contribution in [1.29, 1.82) is 0 Å². The molecule has 0 radical (unpaired) electrons. The summed E-state index contributed by atoms with van der Waals surface area (Å²) in [7, 11) is 0. The summed E-state index contributed by atoms with van der Waals surface area (Å²) in [5, 5.41) is 9.17. The van der Waals surface area contributed by atoms with Crippen molar-refractivity contribution in [3.8, 4) is 0 Å². The second-order valence-electron chi connectivity index (χ2n) is 4.43. The van der Waals surface area contributed by atoms with Crippen LogP contribution in [0.2, 0.25) is 0 Å². The third kappa shape index (κ3) is 2.21. The maximum atomic E-state index is 12.4. The van der Waals surface area contributed by atoms with E-state index in [1.54, 1.807) is 6.92 Å². The predicted molar refractivity (Wildman–Crippen MR) is 78.7 cm³/mol. The van der Waals surface area contributed by atoms with Crippen molar-refractivity contribution in [1.82, 2.24) is 9.13 Å². The van der Waals surface area contributed by atoms with E-state index in [1.807, 2.05) is 6.92 Å². The Labute approximate surface area is 123 Å². The summed E-state index contributed by atoms with van der Waals surface area (Å²) in [6.07, 6.45) is 0.946. The maximum absolute atomic E-state index is 12.4. The van der Waals surface area contributed by atoms with Crippen LogP contribution in [0.5, 0.6) is 0 Å². The van der Waals surface area contributed by atoms with E-state index < -0.39 is 17.2 Å². The van der Waals surface area contributed by atoms with Gasteiger partial charge in [0, 0.05) is 13.1 Å². The van der Waals surface area contributed by atoms with Crippen molar-refractivity contribution >= 4 is 33.8 Å². The van der Waals surface area contributed by atoms with Crippen LogP contribution in [0.4, 0.5) is 0 Å². The molecule has 0 amide bonds. The molecular weight excluding hydrogens is 296 g/mol. The van der Waals surface area contributed by atoms with E-state index in [9.17, 15) is 19.2 Å². The Morgan fingerprint density at radius 1 is 1.29 bits per heavy atom. The van der Waals surface area contributed by atoms with Crippen LogP contribution in [-0.2, 0) is 13.1 Å². The Bertz CT molecular complexity index is 843. The highest BCUT2D eigenvalue weighted by Crippen LogP contribution is 2.27. The molecule has 0 saturated carbocycles. The zero-order valence-corrected chi connectivity index (χ0v) is 12.4. The number of hydrogen-bond donors (Lipinski definition) is 1. The quantitative estimate of drug-likeness (QED) is 0.836. The lowest BCUT2D eigenvalue weighted by atomic mass is 10.2. The zero-order chi connectivity index (χ0) is 15.7. The number of hydrogen-bond acceptors (Lipinski definition) is 5. The van der Waals surface area contributed by atoms with Gasteiger partial charge in [-0.3, -0.25) is 18.7 Å². The number of nitrogens with zero attached hydrogens (tertiary/aromatic N) is 2. The molecule has 0 unspecified atom stereocenters. The molecule has 0 spiro atoms. The molecule has 0 fully saturated rings. The molecule has 0 aliphatic carbocycles. The largest absolute Gasteiger partial charge is 0.477 e. The summed E-state index contributed by atoms with van der Waals surface area (Å²) in [5.41, 5.74) is -1.24. The number of carbonyl (C=O) groups excluding carboxylic acids is 1. The first-order valence-corrected chi connectivity index (χ1v) is 7.28. The summed E-state index contributed by atoms with van der Waals surface area (Å²) in [5.74, 6) is -1.28. The molecule has 112 valence electrons. The van der Waals surface area contributed by atoms with Gasteiger partial charge in [0.05, 0.1) is 10.9 Å². The van der Waals surface area contributed by atoms with Gasteiger partial charge in [-0.2, -0.15) is 0 Å². The predicted octanol–water partition coefficient (Wildman–Crippen LogP) is 1.17. The molecule has 2 aromatic heterocycles. The van der Waals surface area contributed by atoms with Gasteiger partial charge in [0.1, 0.15) is 9.71 Å². The van der Waals surface area contributed by atoms with Crippen LogP contribution in [0.15, 0.2) is 9.59 Å². The number of aryl methyl sites for hydroxylation is 1. The van der Waals surface area contributed by atoms with Crippen molar-refractivity contribution < 1.29 is 14.7 Å². The van der Waals surface area contributed by atoms with Crippen LogP contribution >= 0.6 is 11.3 Å². The van der Waals surface area contributed by atoms with Crippen LogP contribution in [0.3, 0.4) is 0 Å². The molecule has 0 aliphatic rings. The smallest absolute Gasteiger partial charge is 0.346 e. The number of aromatic carboxylic acids is 1. The lowest BCUT2D eigenvalue weighted by Crippen LogP contribution is -2.39. The highest BCUT2D eigenvalue weighted by molar-refractivity contribution is 7.20. The zero-order valence-electron chi connectivity index (χ0n) is 11.6. The van der Waals surface area contributed by atoms with Gasteiger partial charge in [-0.15, -0.1) is 11.3 Å². The van der Waals surface area contributed by atoms with E-state index in [0.29, 0.717) is 12.7 Å². The molecule has 8 heteroatoms. The summed E-state index contributed by atoms with van der Waals surface area (Å²) < 4.78 is 2.38. The fraction of sp³-hybridized carbons (Fsp3) is 0.385. The van der Waals surface area contributed by atoms with E-state index in [2.05, 4.69) is 0 Å². The minimum atomic E-state index is -1.28. The molecule has 2 rings (SSSR count). The SMILES string of the molecule is CCCn1c(=O)c2c(C=O)c(C(=O)O)sc2n(CC)c1=O. The number of fused-ring (bicyclic) bond motifs is 1. The molecule has 0 atom stereocenters. The number of carbonyl (C=O) groups is 2. The maximum Gasteiger partial charge on any atom is 0.346 e. The monoisotopic (exact) mass is 310 g/mol. The average molecular weight is 310 g/mol. The number of carboxylic acids is 1. The molecule has 7 nitrogen and oxygen atoms in total. The number of aldehydes is 1. The highest BCUT2D eigenvalue weighted by atomic mass is 32.1. The normalized spacial score (nSPS) is 11.0. The number of rotatable bonds is 5. The Morgan fingerprint density at radius 3 is 2.43 bits per heavy atom. The molecule has 21 heavy (non-hydrogen) atoms. The molecule has 0 aromatic carbocycles. The van der Waals surface area contributed by atoms with Crippen molar-refractivity contribution in [2.45, 2.75) is 33.4 Å². The highest BCUT2D eigenvalue weighted by Gasteiger charge is 2.24. The summed E-state index contributed by atoms with van der Waals surface area (Å²) in [4.78, 5) is 47.2. The molecule has 2 heterocycles. The molecule has 0 bridgehead atoms. The Morgan fingerprint density at radius 2 is 1.95 bits per heavy atom. The van der Waals surface area contributed by atoms with Gasteiger partial charge in [-0.25, -0.2) is 9.59 Å². The number of thiophene rings is 1. The van der Waals surface area contributed by atoms with Crippen LogP contribution in [0.25, 0.3) is 10.2 Å². The second-order valence-corrected chi connectivity index (χ2v) is 5.43.